The van der Waals surface area contributed by atoms with Gasteiger partial charge in [-0.25, -0.2) is 0 Å². The molecule has 0 saturated carbocycles. The lowest BCUT2D eigenvalue weighted by molar-refractivity contribution is 0.396. The molecule has 2 aromatic rings. The Kier molecular flexibility index (Phi) is 4.64. The molecule has 0 amide bonds. The maximum atomic E-state index is 3.81. The SMILES string of the molecule is CCCNC(c1cccc2ccccc12)C1CCSC1. The van der Waals surface area contributed by atoms with Crippen molar-refractivity contribution < 1.29 is 0 Å². The van der Waals surface area contributed by atoms with Crippen LogP contribution in [0.2, 0.25) is 0 Å². The molecule has 2 unspecified atom stereocenters. The van der Waals surface area contributed by atoms with Crippen LogP contribution in [0.5, 0.6) is 0 Å². The second-order valence-corrected chi connectivity index (χ2v) is 6.77. The number of hydrogen-bond acceptors (Lipinski definition) is 2. The minimum Gasteiger partial charge on any atom is -0.310 e. The van der Waals surface area contributed by atoms with Gasteiger partial charge in [0.1, 0.15) is 0 Å². The average molecular weight is 285 g/mol. The summed E-state index contributed by atoms with van der Waals surface area (Å²) in [5.74, 6) is 3.39. The number of hydrogen-bond donors (Lipinski definition) is 1. The topological polar surface area (TPSA) is 12.0 Å². The lowest BCUT2D eigenvalue weighted by Crippen LogP contribution is -2.29. The highest BCUT2D eigenvalue weighted by atomic mass is 32.2. The zero-order chi connectivity index (χ0) is 13.8. The number of thioether (sulfide) groups is 1. The van der Waals surface area contributed by atoms with Crippen molar-refractivity contribution in [3.8, 4) is 0 Å². The molecule has 2 aromatic carbocycles. The van der Waals surface area contributed by atoms with Gasteiger partial charge in [0, 0.05) is 6.04 Å². The van der Waals surface area contributed by atoms with Crippen molar-refractivity contribution in [1.82, 2.24) is 5.32 Å². The van der Waals surface area contributed by atoms with Crippen LogP contribution in [-0.2, 0) is 0 Å². The first-order valence-electron chi connectivity index (χ1n) is 7.69. The first kappa shape index (κ1) is 14.0. The summed E-state index contributed by atoms with van der Waals surface area (Å²) in [5, 5.41) is 6.58. The van der Waals surface area contributed by atoms with Gasteiger partial charge in [0.25, 0.3) is 0 Å². The quantitative estimate of drug-likeness (QED) is 0.859. The van der Waals surface area contributed by atoms with Crippen LogP contribution in [0, 0.1) is 5.92 Å². The van der Waals surface area contributed by atoms with Crippen molar-refractivity contribution in [1.29, 1.82) is 0 Å². The second-order valence-electron chi connectivity index (χ2n) is 5.62. The van der Waals surface area contributed by atoms with Crippen LogP contribution in [0.1, 0.15) is 31.4 Å². The van der Waals surface area contributed by atoms with Crippen LogP contribution < -0.4 is 5.32 Å². The van der Waals surface area contributed by atoms with Crippen LogP contribution >= 0.6 is 11.8 Å². The first-order chi connectivity index (χ1) is 9.90. The number of rotatable bonds is 5. The molecule has 106 valence electrons. The fourth-order valence-electron chi connectivity index (χ4n) is 3.17. The molecule has 0 aromatic heterocycles. The minimum atomic E-state index is 0.510. The lowest BCUT2D eigenvalue weighted by atomic mass is 9.89. The van der Waals surface area contributed by atoms with Gasteiger partial charge in [0.15, 0.2) is 0 Å². The zero-order valence-corrected chi connectivity index (χ0v) is 13.0. The molecule has 1 aliphatic rings. The third-order valence-electron chi connectivity index (χ3n) is 4.21. The number of nitrogens with one attached hydrogen (secondary N) is 1. The van der Waals surface area contributed by atoms with Crippen LogP contribution in [0.15, 0.2) is 42.5 Å². The molecule has 1 aliphatic heterocycles. The van der Waals surface area contributed by atoms with Gasteiger partial charge in [-0.15, -0.1) is 0 Å². The van der Waals surface area contributed by atoms with E-state index in [0.29, 0.717) is 6.04 Å². The zero-order valence-electron chi connectivity index (χ0n) is 12.1. The first-order valence-corrected chi connectivity index (χ1v) is 8.84. The smallest absolute Gasteiger partial charge is 0.0363 e. The van der Waals surface area contributed by atoms with E-state index in [4.69, 9.17) is 0 Å². The Balaban J connectivity index is 1.99. The van der Waals surface area contributed by atoms with E-state index in [1.165, 1.54) is 40.7 Å². The summed E-state index contributed by atoms with van der Waals surface area (Å²) >= 11 is 2.10. The Morgan fingerprint density at radius 1 is 1.20 bits per heavy atom. The monoisotopic (exact) mass is 285 g/mol. The molecule has 1 nitrogen and oxygen atoms in total. The molecule has 1 N–H and O–H groups in total. The molecule has 0 radical (unpaired) electrons. The molecular weight excluding hydrogens is 262 g/mol. The summed E-state index contributed by atoms with van der Waals surface area (Å²) in [6, 6.07) is 16.0. The van der Waals surface area contributed by atoms with E-state index < -0.39 is 0 Å². The molecule has 0 aliphatic carbocycles. The average Bonchev–Trinajstić information content (AvgIpc) is 3.02. The maximum absolute atomic E-state index is 3.81. The van der Waals surface area contributed by atoms with Crippen molar-refractivity contribution in [3.05, 3.63) is 48.0 Å². The molecule has 2 heteroatoms. The van der Waals surface area contributed by atoms with Gasteiger partial charge in [-0.1, -0.05) is 49.4 Å². The highest BCUT2D eigenvalue weighted by Gasteiger charge is 2.27. The van der Waals surface area contributed by atoms with Gasteiger partial charge in [-0.3, -0.25) is 0 Å². The predicted octanol–water partition coefficient (Wildman–Crippen LogP) is 4.63. The van der Waals surface area contributed by atoms with Gasteiger partial charge >= 0.3 is 0 Å². The Labute approximate surface area is 126 Å². The van der Waals surface area contributed by atoms with E-state index in [-0.39, 0.29) is 0 Å². The summed E-state index contributed by atoms with van der Waals surface area (Å²) in [6.45, 7) is 3.35. The standard InChI is InChI=1S/C18H23NS/c1-2-11-19-18(15-10-12-20-13-15)17-9-5-7-14-6-3-4-8-16(14)17/h3-9,15,18-19H,2,10-13H2,1H3. The molecule has 1 fully saturated rings. The normalized spacial score (nSPS) is 20.4. The molecular formula is C18H23NS. The molecule has 1 heterocycles. The molecule has 0 spiro atoms. The van der Waals surface area contributed by atoms with Crippen molar-refractivity contribution in [2.24, 2.45) is 5.92 Å². The highest BCUT2D eigenvalue weighted by Crippen LogP contribution is 2.36. The van der Waals surface area contributed by atoms with Crippen LogP contribution in [0.25, 0.3) is 10.8 Å². The van der Waals surface area contributed by atoms with E-state index in [2.05, 4.69) is 66.5 Å². The van der Waals surface area contributed by atoms with Crippen LogP contribution in [-0.4, -0.2) is 18.1 Å². The maximum Gasteiger partial charge on any atom is 0.0363 e. The lowest BCUT2D eigenvalue weighted by Gasteiger charge is -2.26. The summed E-state index contributed by atoms with van der Waals surface area (Å²) in [5.41, 5.74) is 1.49. The van der Waals surface area contributed by atoms with Crippen molar-refractivity contribution in [2.45, 2.75) is 25.8 Å². The Hall–Kier alpha value is -0.990. The van der Waals surface area contributed by atoms with Gasteiger partial charge in [0.2, 0.25) is 0 Å². The Bertz CT molecular complexity index is 555. The Morgan fingerprint density at radius 3 is 2.85 bits per heavy atom. The van der Waals surface area contributed by atoms with E-state index in [9.17, 15) is 0 Å². The van der Waals surface area contributed by atoms with Gasteiger partial charge in [-0.2, -0.15) is 11.8 Å². The highest BCUT2D eigenvalue weighted by molar-refractivity contribution is 7.99. The van der Waals surface area contributed by atoms with Crippen molar-refractivity contribution in [3.63, 3.8) is 0 Å². The third-order valence-corrected chi connectivity index (χ3v) is 5.40. The second kappa shape index (κ2) is 6.64. The largest absolute Gasteiger partial charge is 0.310 e. The fourth-order valence-corrected chi connectivity index (χ4v) is 4.47. The van der Waals surface area contributed by atoms with E-state index in [0.717, 1.165) is 12.5 Å². The third kappa shape index (κ3) is 2.87. The van der Waals surface area contributed by atoms with Gasteiger partial charge in [0.05, 0.1) is 0 Å². The van der Waals surface area contributed by atoms with E-state index in [1.54, 1.807) is 0 Å². The van der Waals surface area contributed by atoms with Gasteiger partial charge < -0.3 is 5.32 Å². The molecule has 1 saturated heterocycles. The fraction of sp³-hybridized carbons (Fsp3) is 0.444. The summed E-state index contributed by atoms with van der Waals surface area (Å²) in [7, 11) is 0. The number of benzene rings is 2. The van der Waals surface area contributed by atoms with Gasteiger partial charge in [-0.05, 0) is 53.1 Å². The van der Waals surface area contributed by atoms with Crippen molar-refractivity contribution >= 4 is 22.5 Å². The predicted molar refractivity (Wildman–Crippen MR) is 90.4 cm³/mol. The molecule has 2 atom stereocenters. The summed E-state index contributed by atoms with van der Waals surface area (Å²) < 4.78 is 0. The number of fused-ring (bicyclic) bond motifs is 1. The Morgan fingerprint density at radius 2 is 2.05 bits per heavy atom. The molecule has 20 heavy (non-hydrogen) atoms. The van der Waals surface area contributed by atoms with Crippen molar-refractivity contribution in [2.75, 3.05) is 18.1 Å². The van der Waals surface area contributed by atoms with Crippen LogP contribution in [0.3, 0.4) is 0 Å². The minimum absolute atomic E-state index is 0.510. The van der Waals surface area contributed by atoms with E-state index in [1.807, 2.05) is 0 Å². The summed E-state index contributed by atoms with van der Waals surface area (Å²) in [4.78, 5) is 0. The summed E-state index contributed by atoms with van der Waals surface area (Å²) in [6.07, 6.45) is 2.54. The van der Waals surface area contributed by atoms with E-state index >= 15 is 0 Å². The molecule has 3 rings (SSSR count). The molecule has 0 bridgehead atoms. The van der Waals surface area contributed by atoms with Crippen LogP contribution in [0.4, 0.5) is 0 Å².